The van der Waals surface area contributed by atoms with Gasteiger partial charge in [-0.3, -0.25) is 0 Å². The molecule has 0 aliphatic heterocycles. The molecule has 17 heavy (non-hydrogen) atoms. The fraction of sp³-hybridized carbons (Fsp3) is 0.583. The van der Waals surface area contributed by atoms with E-state index in [9.17, 15) is 4.39 Å². The maximum absolute atomic E-state index is 13.2. The summed E-state index contributed by atoms with van der Waals surface area (Å²) < 4.78 is 18.2. The van der Waals surface area contributed by atoms with Crippen LogP contribution in [0.25, 0.3) is 0 Å². The molecule has 0 amide bonds. The second-order valence-electron chi connectivity index (χ2n) is 3.74. The third-order valence-corrected chi connectivity index (χ3v) is 2.52. The van der Waals surface area contributed by atoms with Crippen LogP contribution in [0.2, 0.25) is 0 Å². The van der Waals surface area contributed by atoms with E-state index < -0.39 is 0 Å². The average molecular weight is 241 g/mol. The van der Waals surface area contributed by atoms with Gasteiger partial charge in [0.05, 0.1) is 12.8 Å². The lowest BCUT2D eigenvalue weighted by Crippen LogP contribution is -2.29. The van der Waals surface area contributed by atoms with Gasteiger partial charge in [0.2, 0.25) is 0 Å². The Morgan fingerprint density at radius 1 is 1.53 bits per heavy atom. The van der Waals surface area contributed by atoms with Gasteiger partial charge in [0.1, 0.15) is 11.6 Å². The van der Waals surface area contributed by atoms with Gasteiger partial charge in [-0.05, 0) is 20.0 Å². The molecule has 0 atom stereocenters. The van der Waals surface area contributed by atoms with Crippen LogP contribution in [0.5, 0.6) is 0 Å². The number of rotatable bonds is 7. The van der Waals surface area contributed by atoms with Crippen LogP contribution in [0.15, 0.2) is 12.3 Å². The summed E-state index contributed by atoms with van der Waals surface area (Å²) in [6.45, 7) is 4.85. The lowest BCUT2D eigenvalue weighted by Gasteiger charge is -2.24. The Bertz CT molecular complexity index is 347. The van der Waals surface area contributed by atoms with Gasteiger partial charge >= 0.3 is 0 Å². The van der Waals surface area contributed by atoms with E-state index in [1.54, 1.807) is 7.11 Å². The molecule has 0 aliphatic carbocycles. The average Bonchev–Trinajstić information content (AvgIpc) is 2.32. The first-order valence-corrected chi connectivity index (χ1v) is 5.75. The van der Waals surface area contributed by atoms with Crippen molar-refractivity contribution in [1.82, 2.24) is 10.3 Å². The Morgan fingerprint density at radius 3 is 2.88 bits per heavy atom. The van der Waals surface area contributed by atoms with E-state index in [0.29, 0.717) is 13.2 Å². The van der Waals surface area contributed by atoms with E-state index in [1.807, 2.05) is 14.0 Å². The highest BCUT2D eigenvalue weighted by Gasteiger charge is 2.11. The number of nitrogens with one attached hydrogen (secondary N) is 1. The highest BCUT2D eigenvalue weighted by molar-refractivity contribution is 5.46. The van der Waals surface area contributed by atoms with Crippen molar-refractivity contribution in [3.8, 4) is 0 Å². The van der Waals surface area contributed by atoms with Crippen LogP contribution in [0, 0.1) is 5.82 Å². The quantitative estimate of drug-likeness (QED) is 0.783. The third kappa shape index (κ3) is 3.94. The van der Waals surface area contributed by atoms with Gasteiger partial charge in [0, 0.05) is 32.3 Å². The molecular formula is C12H20FN3O. The number of ether oxygens (including phenoxy) is 1. The summed E-state index contributed by atoms with van der Waals surface area (Å²) in [5, 5.41) is 3.02. The lowest BCUT2D eigenvalue weighted by molar-refractivity contribution is 0.205. The summed E-state index contributed by atoms with van der Waals surface area (Å²) >= 11 is 0. The molecule has 0 saturated carbocycles. The van der Waals surface area contributed by atoms with E-state index in [1.165, 1.54) is 12.3 Å². The summed E-state index contributed by atoms with van der Waals surface area (Å²) in [6.07, 6.45) is 1.25. The smallest absolute Gasteiger partial charge is 0.141 e. The monoisotopic (exact) mass is 241 g/mol. The van der Waals surface area contributed by atoms with Crippen molar-refractivity contribution in [2.75, 3.05) is 38.8 Å². The Balaban J connectivity index is 2.91. The molecule has 1 heterocycles. The van der Waals surface area contributed by atoms with Crippen LogP contribution in [0.3, 0.4) is 0 Å². The number of pyridine rings is 1. The number of nitrogens with zero attached hydrogens (tertiary/aromatic N) is 2. The van der Waals surface area contributed by atoms with Crippen molar-refractivity contribution in [2.24, 2.45) is 0 Å². The Hall–Kier alpha value is -1.20. The number of halogens is 1. The highest BCUT2D eigenvalue weighted by Crippen LogP contribution is 2.18. The summed E-state index contributed by atoms with van der Waals surface area (Å²) in [7, 11) is 3.50. The van der Waals surface area contributed by atoms with Gasteiger partial charge in [0.25, 0.3) is 0 Å². The van der Waals surface area contributed by atoms with Crippen molar-refractivity contribution in [2.45, 2.75) is 13.5 Å². The predicted molar refractivity (Wildman–Crippen MR) is 66.7 cm³/mol. The van der Waals surface area contributed by atoms with Crippen molar-refractivity contribution in [3.05, 3.63) is 23.6 Å². The molecule has 4 nitrogen and oxygen atoms in total. The van der Waals surface area contributed by atoms with Crippen LogP contribution in [0.4, 0.5) is 10.2 Å². The van der Waals surface area contributed by atoms with Crippen molar-refractivity contribution in [1.29, 1.82) is 0 Å². The SMILES string of the molecule is CCN(CCOC)c1ncc(F)cc1CNC. The minimum atomic E-state index is -0.304. The second-order valence-corrected chi connectivity index (χ2v) is 3.74. The number of hydrogen-bond donors (Lipinski definition) is 1. The fourth-order valence-electron chi connectivity index (χ4n) is 1.69. The van der Waals surface area contributed by atoms with Gasteiger partial charge in [-0.2, -0.15) is 0 Å². The minimum absolute atomic E-state index is 0.304. The molecule has 0 aliphatic rings. The van der Waals surface area contributed by atoms with E-state index in [-0.39, 0.29) is 5.82 Å². The molecule has 1 rings (SSSR count). The van der Waals surface area contributed by atoms with Crippen LogP contribution < -0.4 is 10.2 Å². The topological polar surface area (TPSA) is 37.4 Å². The van der Waals surface area contributed by atoms with Gasteiger partial charge in [0.15, 0.2) is 0 Å². The largest absolute Gasteiger partial charge is 0.383 e. The van der Waals surface area contributed by atoms with E-state index >= 15 is 0 Å². The zero-order valence-corrected chi connectivity index (χ0v) is 10.7. The Kier molecular flexibility index (Phi) is 5.86. The number of aromatic nitrogens is 1. The molecule has 1 aromatic heterocycles. The zero-order valence-electron chi connectivity index (χ0n) is 10.7. The molecule has 0 saturated heterocycles. The molecule has 1 N–H and O–H groups in total. The highest BCUT2D eigenvalue weighted by atomic mass is 19.1. The molecule has 0 unspecified atom stereocenters. The molecular weight excluding hydrogens is 221 g/mol. The summed E-state index contributed by atoms with van der Waals surface area (Å²) in [5.74, 6) is 0.516. The molecule has 0 radical (unpaired) electrons. The molecule has 96 valence electrons. The summed E-state index contributed by atoms with van der Waals surface area (Å²) in [6, 6.07) is 1.52. The van der Waals surface area contributed by atoms with Gasteiger partial charge < -0.3 is 15.0 Å². The molecule has 0 aromatic carbocycles. The fourth-order valence-corrected chi connectivity index (χ4v) is 1.69. The lowest BCUT2D eigenvalue weighted by atomic mass is 10.2. The van der Waals surface area contributed by atoms with E-state index in [4.69, 9.17) is 4.74 Å². The normalized spacial score (nSPS) is 10.6. The Morgan fingerprint density at radius 2 is 2.29 bits per heavy atom. The van der Waals surface area contributed by atoms with Crippen molar-refractivity contribution >= 4 is 5.82 Å². The number of likely N-dealkylation sites (N-methyl/N-ethyl adjacent to an activating group) is 1. The third-order valence-electron chi connectivity index (χ3n) is 2.52. The first-order valence-electron chi connectivity index (χ1n) is 5.75. The minimum Gasteiger partial charge on any atom is -0.383 e. The Labute approximate surface area is 102 Å². The second kappa shape index (κ2) is 7.19. The molecule has 0 fully saturated rings. The first-order chi connectivity index (χ1) is 8.22. The number of anilines is 1. The van der Waals surface area contributed by atoms with E-state index in [2.05, 4.69) is 15.2 Å². The van der Waals surface area contributed by atoms with Crippen LogP contribution in [-0.4, -0.2) is 38.8 Å². The van der Waals surface area contributed by atoms with Crippen LogP contribution in [0.1, 0.15) is 12.5 Å². The van der Waals surface area contributed by atoms with Crippen molar-refractivity contribution < 1.29 is 9.13 Å². The van der Waals surface area contributed by atoms with Gasteiger partial charge in [-0.25, -0.2) is 9.37 Å². The van der Waals surface area contributed by atoms with Gasteiger partial charge in [-0.1, -0.05) is 0 Å². The molecule has 0 bridgehead atoms. The summed E-state index contributed by atoms with van der Waals surface area (Å²) in [5.41, 5.74) is 0.866. The van der Waals surface area contributed by atoms with Crippen LogP contribution in [-0.2, 0) is 11.3 Å². The number of methoxy groups -OCH3 is 1. The van der Waals surface area contributed by atoms with Crippen LogP contribution >= 0.6 is 0 Å². The maximum Gasteiger partial charge on any atom is 0.141 e. The molecule has 0 spiro atoms. The molecule has 1 aromatic rings. The molecule has 5 heteroatoms. The van der Waals surface area contributed by atoms with Gasteiger partial charge in [-0.15, -0.1) is 0 Å². The predicted octanol–water partition coefficient (Wildman–Crippen LogP) is 1.41. The standard InChI is InChI=1S/C12H20FN3O/c1-4-16(5-6-17-3)12-10(8-14-2)7-11(13)9-15-12/h7,9,14H,4-6,8H2,1-3H3. The summed E-state index contributed by atoms with van der Waals surface area (Å²) in [4.78, 5) is 6.26. The maximum atomic E-state index is 13.2. The van der Waals surface area contributed by atoms with Crippen molar-refractivity contribution in [3.63, 3.8) is 0 Å². The van der Waals surface area contributed by atoms with E-state index in [0.717, 1.165) is 24.5 Å². The zero-order chi connectivity index (χ0) is 12.7. The number of hydrogen-bond acceptors (Lipinski definition) is 4. The first kappa shape index (κ1) is 13.9.